The maximum absolute atomic E-state index is 12.1. The first-order chi connectivity index (χ1) is 9.58. The van der Waals surface area contributed by atoms with Crippen molar-refractivity contribution in [1.82, 2.24) is 0 Å². The molecule has 0 saturated carbocycles. The van der Waals surface area contributed by atoms with E-state index < -0.39 is 6.10 Å². The number of nitrogens with one attached hydrogen (secondary N) is 1. The predicted octanol–water partition coefficient (Wildman–Crippen LogP) is 4.16. The molecule has 0 aliphatic rings. The lowest BCUT2D eigenvalue weighted by atomic mass is 10.2. The van der Waals surface area contributed by atoms with Crippen LogP contribution in [0.5, 0.6) is 5.75 Å². The zero-order valence-electron chi connectivity index (χ0n) is 11.4. The number of anilines is 1. The van der Waals surface area contributed by atoms with Gasteiger partial charge in [0.25, 0.3) is 5.91 Å². The second kappa shape index (κ2) is 6.57. The van der Waals surface area contributed by atoms with E-state index in [9.17, 15) is 4.79 Å². The first-order valence-corrected chi connectivity index (χ1v) is 7.15. The van der Waals surface area contributed by atoms with Crippen molar-refractivity contribution in [2.24, 2.45) is 0 Å². The van der Waals surface area contributed by atoms with E-state index in [0.29, 0.717) is 0 Å². The Hall–Kier alpha value is -1.81. The number of para-hydroxylation sites is 2. The summed E-state index contributed by atoms with van der Waals surface area (Å²) >= 11 is 3.40. The molecule has 0 heterocycles. The minimum atomic E-state index is -0.566. The Balaban J connectivity index is 2.03. The zero-order chi connectivity index (χ0) is 14.5. The van der Waals surface area contributed by atoms with Crippen molar-refractivity contribution in [3.8, 4) is 5.75 Å². The second-order valence-corrected chi connectivity index (χ2v) is 5.35. The highest BCUT2D eigenvalue weighted by atomic mass is 79.9. The van der Waals surface area contributed by atoms with Crippen LogP contribution in [0.4, 0.5) is 5.69 Å². The fraction of sp³-hybridized carbons (Fsp3) is 0.188. The van der Waals surface area contributed by atoms with Gasteiger partial charge in [-0.05, 0) is 53.5 Å². The van der Waals surface area contributed by atoms with E-state index in [0.717, 1.165) is 21.5 Å². The van der Waals surface area contributed by atoms with E-state index in [2.05, 4.69) is 21.2 Å². The van der Waals surface area contributed by atoms with Crippen molar-refractivity contribution in [2.45, 2.75) is 20.0 Å². The maximum atomic E-state index is 12.1. The SMILES string of the molecule is Cc1ccccc1O[C@@H](C)C(=O)Nc1ccccc1Br. The molecule has 1 amide bonds. The number of aryl methyl sites for hydroxylation is 1. The van der Waals surface area contributed by atoms with Gasteiger partial charge < -0.3 is 10.1 Å². The standard InChI is InChI=1S/C16H16BrNO2/c1-11-7-3-6-10-15(11)20-12(2)16(19)18-14-9-5-4-8-13(14)17/h3-10,12H,1-2H3,(H,18,19)/t12-/m0/s1. The summed E-state index contributed by atoms with van der Waals surface area (Å²) in [6, 6.07) is 15.1. The van der Waals surface area contributed by atoms with Crippen LogP contribution < -0.4 is 10.1 Å². The Bertz CT molecular complexity index is 613. The van der Waals surface area contributed by atoms with Crippen molar-refractivity contribution in [3.05, 3.63) is 58.6 Å². The number of hydrogen-bond donors (Lipinski definition) is 1. The quantitative estimate of drug-likeness (QED) is 0.912. The Kier molecular flexibility index (Phi) is 4.79. The molecule has 20 heavy (non-hydrogen) atoms. The number of hydrogen-bond acceptors (Lipinski definition) is 2. The van der Waals surface area contributed by atoms with E-state index in [1.54, 1.807) is 6.92 Å². The number of benzene rings is 2. The van der Waals surface area contributed by atoms with E-state index in [-0.39, 0.29) is 5.91 Å². The molecule has 0 unspecified atom stereocenters. The maximum Gasteiger partial charge on any atom is 0.265 e. The third kappa shape index (κ3) is 3.61. The summed E-state index contributed by atoms with van der Waals surface area (Å²) in [4.78, 5) is 12.1. The Labute approximate surface area is 127 Å². The van der Waals surface area contributed by atoms with Gasteiger partial charge in [0.2, 0.25) is 0 Å². The van der Waals surface area contributed by atoms with Gasteiger partial charge in [0.15, 0.2) is 6.10 Å². The number of rotatable bonds is 4. The third-order valence-electron chi connectivity index (χ3n) is 2.90. The lowest BCUT2D eigenvalue weighted by Crippen LogP contribution is -2.30. The van der Waals surface area contributed by atoms with Gasteiger partial charge >= 0.3 is 0 Å². The van der Waals surface area contributed by atoms with Crippen molar-refractivity contribution in [1.29, 1.82) is 0 Å². The zero-order valence-corrected chi connectivity index (χ0v) is 13.0. The van der Waals surface area contributed by atoms with Gasteiger partial charge in [-0.15, -0.1) is 0 Å². The van der Waals surface area contributed by atoms with Gasteiger partial charge in [-0.3, -0.25) is 4.79 Å². The number of carbonyl (C=O) groups is 1. The van der Waals surface area contributed by atoms with Gasteiger partial charge in [-0.1, -0.05) is 30.3 Å². The molecule has 104 valence electrons. The summed E-state index contributed by atoms with van der Waals surface area (Å²) < 4.78 is 6.54. The van der Waals surface area contributed by atoms with Gasteiger partial charge in [-0.25, -0.2) is 0 Å². The van der Waals surface area contributed by atoms with Crippen LogP contribution >= 0.6 is 15.9 Å². The fourth-order valence-electron chi connectivity index (χ4n) is 1.73. The van der Waals surface area contributed by atoms with Crippen LogP contribution in [-0.2, 0) is 4.79 Å². The van der Waals surface area contributed by atoms with Crippen LogP contribution in [0.3, 0.4) is 0 Å². The van der Waals surface area contributed by atoms with Gasteiger partial charge in [-0.2, -0.15) is 0 Å². The molecule has 0 aliphatic carbocycles. The smallest absolute Gasteiger partial charge is 0.265 e. The number of halogens is 1. The molecule has 2 aromatic carbocycles. The average molecular weight is 334 g/mol. The molecule has 0 fully saturated rings. The highest BCUT2D eigenvalue weighted by Gasteiger charge is 2.16. The molecule has 2 aromatic rings. The minimum Gasteiger partial charge on any atom is -0.481 e. The molecule has 3 nitrogen and oxygen atoms in total. The van der Waals surface area contributed by atoms with Gasteiger partial charge in [0, 0.05) is 4.47 Å². The largest absolute Gasteiger partial charge is 0.481 e. The second-order valence-electron chi connectivity index (χ2n) is 4.49. The van der Waals surface area contributed by atoms with Crippen LogP contribution in [-0.4, -0.2) is 12.0 Å². The van der Waals surface area contributed by atoms with E-state index in [1.165, 1.54) is 0 Å². The lowest BCUT2D eigenvalue weighted by Gasteiger charge is -2.16. The summed E-state index contributed by atoms with van der Waals surface area (Å²) in [5.74, 6) is 0.544. The number of carbonyl (C=O) groups excluding carboxylic acids is 1. The minimum absolute atomic E-state index is 0.180. The fourth-order valence-corrected chi connectivity index (χ4v) is 2.11. The van der Waals surface area contributed by atoms with Crippen molar-refractivity contribution in [2.75, 3.05) is 5.32 Å². The third-order valence-corrected chi connectivity index (χ3v) is 3.59. The predicted molar refractivity (Wildman–Crippen MR) is 84.0 cm³/mol. The van der Waals surface area contributed by atoms with E-state index >= 15 is 0 Å². The van der Waals surface area contributed by atoms with Gasteiger partial charge in [0.1, 0.15) is 5.75 Å². The highest BCUT2D eigenvalue weighted by molar-refractivity contribution is 9.10. The molecular weight excluding hydrogens is 318 g/mol. The molecule has 1 atom stereocenters. The average Bonchev–Trinajstić information content (AvgIpc) is 2.43. The molecule has 0 aromatic heterocycles. The molecule has 0 radical (unpaired) electrons. The van der Waals surface area contributed by atoms with Crippen LogP contribution in [0.15, 0.2) is 53.0 Å². The Morgan fingerprint density at radius 2 is 1.80 bits per heavy atom. The van der Waals surface area contributed by atoms with E-state index in [1.807, 2.05) is 55.5 Å². The summed E-state index contributed by atoms with van der Waals surface area (Å²) in [5, 5.41) is 2.84. The summed E-state index contributed by atoms with van der Waals surface area (Å²) in [7, 11) is 0. The van der Waals surface area contributed by atoms with E-state index in [4.69, 9.17) is 4.74 Å². The first kappa shape index (κ1) is 14.6. The summed E-state index contributed by atoms with van der Waals surface area (Å²) in [6.07, 6.45) is -0.566. The number of ether oxygens (including phenoxy) is 1. The summed E-state index contributed by atoms with van der Waals surface area (Å²) in [6.45, 7) is 3.69. The normalized spacial score (nSPS) is 11.8. The molecule has 2 rings (SSSR count). The first-order valence-electron chi connectivity index (χ1n) is 6.35. The molecule has 0 saturated heterocycles. The number of amides is 1. The van der Waals surface area contributed by atoms with Crippen molar-refractivity contribution >= 4 is 27.5 Å². The highest BCUT2D eigenvalue weighted by Crippen LogP contribution is 2.22. The molecule has 0 aliphatic heterocycles. The van der Waals surface area contributed by atoms with Crippen LogP contribution in [0.1, 0.15) is 12.5 Å². The Morgan fingerprint density at radius 3 is 2.50 bits per heavy atom. The topological polar surface area (TPSA) is 38.3 Å². The molecule has 1 N–H and O–H groups in total. The van der Waals surface area contributed by atoms with Crippen molar-refractivity contribution in [3.63, 3.8) is 0 Å². The molecule has 0 spiro atoms. The lowest BCUT2D eigenvalue weighted by molar-refractivity contribution is -0.122. The van der Waals surface area contributed by atoms with Gasteiger partial charge in [0.05, 0.1) is 5.69 Å². The molecule has 0 bridgehead atoms. The van der Waals surface area contributed by atoms with Crippen LogP contribution in [0.25, 0.3) is 0 Å². The van der Waals surface area contributed by atoms with Crippen molar-refractivity contribution < 1.29 is 9.53 Å². The Morgan fingerprint density at radius 1 is 1.15 bits per heavy atom. The van der Waals surface area contributed by atoms with Crippen LogP contribution in [0, 0.1) is 6.92 Å². The van der Waals surface area contributed by atoms with Crippen LogP contribution in [0.2, 0.25) is 0 Å². The monoisotopic (exact) mass is 333 g/mol. The molecule has 4 heteroatoms. The summed E-state index contributed by atoms with van der Waals surface area (Å²) in [5.41, 5.74) is 1.74. The molecular formula is C16H16BrNO2.